The quantitative estimate of drug-likeness (QED) is 0.740. The maximum absolute atomic E-state index is 10.4. The highest BCUT2D eigenvalue weighted by atomic mass is 79.9. The second-order valence-electron chi connectivity index (χ2n) is 1.78. The van der Waals surface area contributed by atoms with Crippen LogP contribution in [-0.2, 0) is 7.05 Å². The Kier molecular flexibility index (Phi) is 1.76. The molecule has 0 spiro atoms. The highest BCUT2D eigenvalue weighted by Crippen LogP contribution is 2.08. The van der Waals surface area contributed by atoms with Gasteiger partial charge in [0.25, 0.3) is 0 Å². The molecule has 0 atom stereocenters. The number of carboxylic acids is 1. The number of nitrogens with zero attached hydrogens (tertiary/aromatic N) is 2. The zero-order valence-corrected chi connectivity index (χ0v) is 6.79. The van der Waals surface area contributed by atoms with Crippen molar-refractivity contribution in [3.8, 4) is 0 Å². The van der Waals surface area contributed by atoms with E-state index in [-0.39, 0.29) is 5.69 Å². The van der Waals surface area contributed by atoms with Crippen molar-refractivity contribution in [2.24, 2.45) is 7.05 Å². The fourth-order valence-electron chi connectivity index (χ4n) is 0.632. The SMILES string of the molecule is Cn1nc(Br)cc1C(=O)O. The van der Waals surface area contributed by atoms with E-state index >= 15 is 0 Å². The van der Waals surface area contributed by atoms with Crippen molar-refractivity contribution in [2.75, 3.05) is 0 Å². The van der Waals surface area contributed by atoms with E-state index in [1.54, 1.807) is 7.05 Å². The summed E-state index contributed by atoms with van der Waals surface area (Å²) in [7, 11) is 1.58. The number of aryl methyl sites for hydroxylation is 1. The molecule has 10 heavy (non-hydrogen) atoms. The lowest BCUT2D eigenvalue weighted by Crippen LogP contribution is -2.04. The van der Waals surface area contributed by atoms with E-state index < -0.39 is 5.97 Å². The highest BCUT2D eigenvalue weighted by molar-refractivity contribution is 9.10. The molecule has 0 unspecified atom stereocenters. The van der Waals surface area contributed by atoms with Crippen LogP contribution in [0.4, 0.5) is 0 Å². The van der Waals surface area contributed by atoms with Gasteiger partial charge in [-0.1, -0.05) is 0 Å². The van der Waals surface area contributed by atoms with Crippen LogP contribution in [0.25, 0.3) is 0 Å². The minimum absolute atomic E-state index is 0.173. The molecule has 0 aliphatic heterocycles. The van der Waals surface area contributed by atoms with E-state index in [0.717, 1.165) is 0 Å². The zero-order chi connectivity index (χ0) is 7.72. The molecule has 1 aromatic rings. The Morgan fingerprint density at radius 1 is 1.90 bits per heavy atom. The lowest BCUT2D eigenvalue weighted by molar-refractivity contribution is 0.0685. The maximum Gasteiger partial charge on any atom is 0.354 e. The van der Waals surface area contributed by atoms with Gasteiger partial charge < -0.3 is 5.11 Å². The Hall–Kier alpha value is -0.840. The minimum Gasteiger partial charge on any atom is -0.477 e. The van der Waals surface area contributed by atoms with E-state index in [1.165, 1.54) is 10.7 Å². The normalized spacial score (nSPS) is 9.80. The van der Waals surface area contributed by atoms with Gasteiger partial charge in [-0.05, 0) is 15.9 Å². The topological polar surface area (TPSA) is 55.1 Å². The maximum atomic E-state index is 10.4. The van der Waals surface area contributed by atoms with Crippen LogP contribution in [0.3, 0.4) is 0 Å². The molecule has 1 heterocycles. The van der Waals surface area contributed by atoms with Gasteiger partial charge in [-0.15, -0.1) is 0 Å². The van der Waals surface area contributed by atoms with Crippen LogP contribution in [0.5, 0.6) is 0 Å². The first-order valence-electron chi connectivity index (χ1n) is 2.54. The van der Waals surface area contributed by atoms with E-state index in [0.29, 0.717) is 4.60 Å². The summed E-state index contributed by atoms with van der Waals surface area (Å²) in [5.41, 5.74) is 0.173. The number of halogens is 1. The fraction of sp³-hybridized carbons (Fsp3) is 0.200. The Labute approximate surface area is 65.6 Å². The van der Waals surface area contributed by atoms with Crippen molar-refractivity contribution in [3.05, 3.63) is 16.4 Å². The molecular weight excluding hydrogens is 200 g/mol. The summed E-state index contributed by atoms with van der Waals surface area (Å²) in [4.78, 5) is 10.4. The van der Waals surface area contributed by atoms with Gasteiger partial charge in [0, 0.05) is 13.1 Å². The molecule has 0 aliphatic rings. The zero-order valence-electron chi connectivity index (χ0n) is 5.21. The molecule has 0 saturated carbocycles. The molecular formula is C5H5BrN2O2. The van der Waals surface area contributed by atoms with Crippen molar-refractivity contribution in [1.29, 1.82) is 0 Å². The first kappa shape index (κ1) is 7.27. The second kappa shape index (κ2) is 2.42. The van der Waals surface area contributed by atoms with Gasteiger partial charge in [-0.3, -0.25) is 4.68 Å². The van der Waals surface area contributed by atoms with Gasteiger partial charge in [-0.25, -0.2) is 4.79 Å². The standard InChI is InChI=1S/C5H5BrN2O2/c1-8-3(5(9)10)2-4(6)7-8/h2H,1H3,(H,9,10). The molecule has 54 valence electrons. The summed E-state index contributed by atoms with van der Waals surface area (Å²) < 4.78 is 1.83. The molecule has 0 aliphatic carbocycles. The fourth-order valence-corrected chi connectivity index (χ4v) is 1.09. The second-order valence-corrected chi connectivity index (χ2v) is 2.59. The molecule has 0 radical (unpaired) electrons. The summed E-state index contributed by atoms with van der Waals surface area (Å²) in [6, 6.07) is 1.45. The van der Waals surface area contributed by atoms with Gasteiger partial charge in [0.05, 0.1) is 0 Å². The van der Waals surface area contributed by atoms with E-state index in [2.05, 4.69) is 21.0 Å². The number of hydrogen-bond donors (Lipinski definition) is 1. The summed E-state index contributed by atoms with van der Waals surface area (Å²) in [5.74, 6) is -0.972. The molecule has 0 bridgehead atoms. The average Bonchev–Trinajstić information content (AvgIpc) is 2.10. The van der Waals surface area contributed by atoms with Crippen molar-refractivity contribution in [2.45, 2.75) is 0 Å². The Bertz CT molecular complexity index is 269. The van der Waals surface area contributed by atoms with Crippen LogP contribution in [-0.4, -0.2) is 20.9 Å². The van der Waals surface area contributed by atoms with Crippen LogP contribution in [0.15, 0.2) is 10.7 Å². The van der Waals surface area contributed by atoms with Gasteiger partial charge in [0.2, 0.25) is 0 Å². The predicted octanol–water partition coefficient (Wildman–Crippen LogP) is 0.881. The van der Waals surface area contributed by atoms with Crippen molar-refractivity contribution in [1.82, 2.24) is 9.78 Å². The number of carbonyl (C=O) groups is 1. The van der Waals surface area contributed by atoms with E-state index in [1.807, 2.05) is 0 Å². The Morgan fingerprint density at radius 3 is 2.70 bits per heavy atom. The van der Waals surface area contributed by atoms with Gasteiger partial charge in [-0.2, -0.15) is 5.10 Å². The van der Waals surface area contributed by atoms with E-state index in [4.69, 9.17) is 5.11 Å². The number of aromatic nitrogens is 2. The van der Waals surface area contributed by atoms with Crippen LogP contribution in [0, 0.1) is 0 Å². The summed E-state index contributed by atoms with van der Waals surface area (Å²) in [6.07, 6.45) is 0. The summed E-state index contributed by atoms with van der Waals surface area (Å²) in [5, 5.41) is 12.3. The van der Waals surface area contributed by atoms with Crippen molar-refractivity contribution < 1.29 is 9.90 Å². The number of carboxylic acid groups (broad SMARTS) is 1. The minimum atomic E-state index is -0.972. The molecule has 0 aromatic carbocycles. The third-order valence-electron chi connectivity index (χ3n) is 1.07. The molecule has 0 fully saturated rings. The van der Waals surface area contributed by atoms with Gasteiger partial charge >= 0.3 is 5.97 Å². The molecule has 5 heteroatoms. The third-order valence-corrected chi connectivity index (χ3v) is 1.46. The molecule has 0 saturated heterocycles. The van der Waals surface area contributed by atoms with Gasteiger partial charge in [0.15, 0.2) is 0 Å². The number of hydrogen-bond acceptors (Lipinski definition) is 2. The van der Waals surface area contributed by atoms with Gasteiger partial charge in [0.1, 0.15) is 10.3 Å². The van der Waals surface area contributed by atoms with E-state index in [9.17, 15) is 4.79 Å². The van der Waals surface area contributed by atoms with Crippen LogP contribution < -0.4 is 0 Å². The number of rotatable bonds is 1. The highest BCUT2D eigenvalue weighted by Gasteiger charge is 2.08. The van der Waals surface area contributed by atoms with Crippen LogP contribution in [0.1, 0.15) is 10.5 Å². The Balaban J connectivity index is 3.15. The lowest BCUT2D eigenvalue weighted by atomic mass is 10.4. The Morgan fingerprint density at radius 2 is 2.50 bits per heavy atom. The monoisotopic (exact) mass is 204 g/mol. The average molecular weight is 205 g/mol. The molecule has 1 rings (SSSR count). The van der Waals surface area contributed by atoms with Crippen molar-refractivity contribution in [3.63, 3.8) is 0 Å². The summed E-state index contributed by atoms with van der Waals surface area (Å²) >= 11 is 3.06. The molecule has 4 nitrogen and oxygen atoms in total. The molecule has 1 N–H and O–H groups in total. The number of aromatic carboxylic acids is 1. The summed E-state index contributed by atoms with van der Waals surface area (Å²) in [6.45, 7) is 0. The van der Waals surface area contributed by atoms with Crippen LogP contribution in [0.2, 0.25) is 0 Å². The first-order chi connectivity index (χ1) is 4.61. The lowest BCUT2D eigenvalue weighted by Gasteiger charge is -1.90. The first-order valence-corrected chi connectivity index (χ1v) is 3.33. The van der Waals surface area contributed by atoms with Crippen LogP contribution >= 0.6 is 15.9 Å². The van der Waals surface area contributed by atoms with Crippen molar-refractivity contribution >= 4 is 21.9 Å². The largest absolute Gasteiger partial charge is 0.477 e. The third kappa shape index (κ3) is 1.18. The molecule has 0 amide bonds. The molecule has 1 aromatic heterocycles. The smallest absolute Gasteiger partial charge is 0.354 e. The predicted molar refractivity (Wildman–Crippen MR) is 37.9 cm³/mol.